The molecule has 1 aliphatic heterocycles. The number of halogens is 4. The van der Waals surface area contributed by atoms with Gasteiger partial charge in [0, 0.05) is 36.8 Å². The minimum atomic E-state index is -4.48. The molecule has 4 aliphatic rings. The second-order valence-electron chi connectivity index (χ2n) is 10.3. The van der Waals surface area contributed by atoms with Crippen molar-refractivity contribution in [3.8, 4) is 0 Å². The highest BCUT2D eigenvalue weighted by atomic mass is 35.5. The number of hydrogen-bond acceptors (Lipinski definition) is 4. The van der Waals surface area contributed by atoms with E-state index in [0.717, 1.165) is 37.4 Å². The summed E-state index contributed by atoms with van der Waals surface area (Å²) in [6.45, 7) is 13.8. The summed E-state index contributed by atoms with van der Waals surface area (Å²) in [5.74, 6) is 2.43. The van der Waals surface area contributed by atoms with Crippen LogP contribution >= 0.6 is 23.5 Å². The topological polar surface area (TPSA) is 19.4 Å². The Balaban J connectivity index is 1.23. The average molecular weight is 472 g/mol. The lowest BCUT2D eigenvalue weighted by atomic mass is 9.54. The summed E-state index contributed by atoms with van der Waals surface area (Å²) in [6, 6.07) is 2.61. The highest BCUT2D eigenvalue weighted by Gasteiger charge is 2.86. The maximum Gasteiger partial charge on any atom is 0.419 e. The molecule has 2 heterocycles. The lowest BCUT2D eigenvalue weighted by molar-refractivity contribution is -0.137. The van der Waals surface area contributed by atoms with E-state index in [2.05, 4.69) is 41.5 Å². The average Bonchev–Trinajstić information content (AvgIpc) is 3.09. The Kier molecular flexibility index (Phi) is 4.80. The summed E-state index contributed by atoms with van der Waals surface area (Å²) in [5.41, 5.74) is 1.82. The van der Waals surface area contributed by atoms with E-state index in [1.54, 1.807) is 0 Å². The van der Waals surface area contributed by atoms with Gasteiger partial charge in [-0.1, -0.05) is 49.5 Å². The van der Waals surface area contributed by atoms with Crippen molar-refractivity contribution in [1.82, 2.24) is 9.29 Å². The van der Waals surface area contributed by atoms with E-state index in [1.807, 2.05) is 11.9 Å². The van der Waals surface area contributed by atoms with Crippen molar-refractivity contribution in [3.05, 3.63) is 35.0 Å². The van der Waals surface area contributed by atoms with Crippen LogP contribution < -0.4 is 4.90 Å². The predicted octanol–water partition coefficient (Wildman–Crippen LogP) is 6.30. The van der Waals surface area contributed by atoms with Gasteiger partial charge in [-0.05, 0) is 55.1 Å². The van der Waals surface area contributed by atoms with Crippen LogP contribution in [0, 0.1) is 22.2 Å². The van der Waals surface area contributed by atoms with Gasteiger partial charge in [-0.15, -0.1) is 0 Å². The van der Waals surface area contributed by atoms with Crippen LogP contribution in [0.3, 0.4) is 0 Å². The Bertz CT molecular complexity index is 935. The molecule has 0 aromatic carbocycles. The first-order chi connectivity index (χ1) is 14.4. The highest BCUT2D eigenvalue weighted by Crippen LogP contribution is 2.91. The fraction of sp³-hybridized carbons (Fsp3) is 0.696. The third-order valence-electron chi connectivity index (χ3n) is 8.98. The molecule has 0 bridgehead atoms. The molecule has 3 saturated carbocycles. The van der Waals surface area contributed by atoms with Crippen molar-refractivity contribution in [2.45, 2.75) is 52.3 Å². The number of piperazine rings is 1. The molecule has 0 amide bonds. The van der Waals surface area contributed by atoms with Crippen LogP contribution in [0.2, 0.25) is 5.15 Å². The van der Waals surface area contributed by atoms with Gasteiger partial charge >= 0.3 is 6.18 Å². The Labute approximate surface area is 191 Å². The maximum absolute atomic E-state index is 13.0. The third-order valence-corrected chi connectivity index (χ3v) is 10.6. The molecular formula is C23H29ClF3N3S. The molecule has 0 N–H and O–H groups in total. The SMILES string of the molecule is C=C1C[C@@H]2C(C)(C)C23CCC13CSN1CCN(c2ccc(C(F)(F)F)c(Cl)n2)C(C)C1. The van der Waals surface area contributed by atoms with E-state index in [9.17, 15) is 13.2 Å². The molecule has 4 fully saturated rings. The van der Waals surface area contributed by atoms with Crippen LogP contribution in [0.1, 0.15) is 45.6 Å². The van der Waals surface area contributed by atoms with Gasteiger partial charge in [-0.2, -0.15) is 13.2 Å². The lowest BCUT2D eigenvalue weighted by Crippen LogP contribution is -2.51. The number of alkyl halides is 3. The predicted molar refractivity (Wildman–Crippen MR) is 120 cm³/mol. The molecule has 1 spiro atoms. The van der Waals surface area contributed by atoms with E-state index in [4.69, 9.17) is 11.6 Å². The first-order valence-electron chi connectivity index (χ1n) is 11.0. The van der Waals surface area contributed by atoms with E-state index in [1.165, 1.54) is 30.9 Å². The fourth-order valence-corrected chi connectivity index (χ4v) is 8.95. The molecule has 0 radical (unpaired) electrons. The minimum Gasteiger partial charge on any atom is -0.351 e. The number of nitrogens with zero attached hydrogens (tertiary/aromatic N) is 3. The van der Waals surface area contributed by atoms with Crippen LogP contribution in [0.4, 0.5) is 19.0 Å². The molecule has 8 heteroatoms. The molecule has 1 aromatic rings. The maximum atomic E-state index is 13.0. The van der Waals surface area contributed by atoms with Crippen LogP contribution in [-0.2, 0) is 6.18 Å². The van der Waals surface area contributed by atoms with Crippen LogP contribution in [0.25, 0.3) is 0 Å². The monoisotopic (exact) mass is 471 g/mol. The van der Waals surface area contributed by atoms with E-state index in [-0.39, 0.29) is 6.04 Å². The standard InChI is InChI=1S/C23H29ClF3N3S/c1-14-11-17-20(3,4)22(17)8-7-21(14,22)13-31-29-9-10-30(15(2)12-29)18-6-5-16(19(24)28-18)23(25,26)27/h5-6,15,17H,1,7-13H2,2-4H3/t15?,17-,21?,22?/m1/s1. The van der Waals surface area contributed by atoms with Crippen molar-refractivity contribution in [2.24, 2.45) is 22.2 Å². The Hall–Kier alpha value is -0.920. The zero-order valence-electron chi connectivity index (χ0n) is 18.2. The second-order valence-corrected chi connectivity index (χ2v) is 11.8. The van der Waals surface area contributed by atoms with Crippen molar-refractivity contribution in [2.75, 3.05) is 30.3 Å². The van der Waals surface area contributed by atoms with Crippen molar-refractivity contribution in [3.63, 3.8) is 0 Å². The summed E-state index contributed by atoms with van der Waals surface area (Å²) in [4.78, 5) is 6.11. The van der Waals surface area contributed by atoms with Crippen LogP contribution in [-0.4, -0.2) is 40.7 Å². The first kappa shape index (κ1) is 21.9. The van der Waals surface area contributed by atoms with Crippen LogP contribution in [0.5, 0.6) is 0 Å². The van der Waals surface area contributed by atoms with Gasteiger partial charge in [0.2, 0.25) is 0 Å². The van der Waals surface area contributed by atoms with Crippen molar-refractivity contribution >= 4 is 29.4 Å². The highest BCUT2D eigenvalue weighted by molar-refractivity contribution is 7.97. The number of aromatic nitrogens is 1. The summed E-state index contributed by atoms with van der Waals surface area (Å²) in [6.07, 6.45) is -0.684. The van der Waals surface area contributed by atoms with Gasteiger partial charge in [0.1, 0.15) is 11.0 Å². The van der Waals surface area contributed by atoms with Crippen LogP contribution in [0.15, 0.2) is 24.3 Å². The number of anilines is 1. The molecule has 170 valence electrons. The lowest BCUT2D eigenvalue weighted by Gasteiger charge is -2.53. The van der Waals surface area contributed by atoms with Crippen molar-refractivity contribution < 1.29 is 13.2 Å². The van der Waals surface area contributed by atoms with E-state index >= 15 is 0 Å². The number of pyridine rings is 1. The molecular weight excluding hydrogens is 443 g/mol. The molecule has 3 unspecified atom stereocenters. The van der Waals surface area contributed by atoms with Gasteiger partial charge in [0.25, 0.3) is 0 Å². The Morgan fingerprint density at radius 2 is 2.00 bits per heavy atom. The summed E-state index contributed by atoms with van der Waals surface area (Å²) in [5, 5.41) is -0.482. The first-order valence-corrected chi connectivity index (χ1v) is 12.3. The number of rotatable bonds is 4. The van der Waals surface area contributed by atoms with Gasteiger partial charge in [0.05, 0.1) is 5.56 Å². The van der Waals surface area contributed by atoms with Gasteiger partial charge < -0.3 is 4.90 Å². The molecule has 4 atom stereocenters. The molecule has 31 heavy (non-hydrogen) atoms. The van der Waals surface area contributed by atoms with Gasteiger partial charge in [-0.25, -0.2) is 9.29 Å². The normalized spacial score (nSPS) is 36.7. The summed E-state index contributed by atoms with van der Waals surface area (Å²) in [7, 11) is 0. The van der Waals surface area contributed by atoms with Gasteiger partial charge in [-0.3, -0.25) is 0 Å². The minimum absolute atomic E-state index is 0.145. The van der Waals surface area contributed by atoms with E-state index in [0.29, 0.717) is 22.1 Å². The summed E-state index contributed by atoms with van der Waals surface area (Å²) >= 11 is 7.78. The Morgan fingerprint density at radius 1 is 1.26 bits per heavy atom. The molecule has 1 aromatic heterocycles. The second kappa shape index (κ2) is 6.80. The zero-order chi connectivity index (χ0) is 22.4. The zero-order valence-corrected chi connectivity index (χ0v) is 19.8. The Morgan fingerprint density at radius 3 is 2.58 bits per heavy atom. The molecule has 3 nitrogen and oxygen atoms in total. The fourth-order valence-electron chi connectivity index (χ4n) is 7.15. The molecule has 3 aliphatic carbocycles. The van der Waals surface area contributed by atoms with Gasteiger partial charge in [0.15, 0.2) is 0 Å². The molecule has 1 saturated heterocycles. The quantitative estimate of drug-likeness (QED) is 0.291. The largest absolute Gasteiger partial charge is 0.419 e. The molecule has 5 rings (SSSR count). The summed E-state index contributed by atoms with van der Waals surface area (Å²) < 4.78 is 41.4. The number of allylic oxidation sites excluding steroid dienone is 1. The number of hydrogen-bond donors (Lipinski definition) is 0. The smallest absolute Gasteiger partial charge is 0.351 e. The van der Waals surface area contributed by atoms with Crippen molar-refractivity contribution in [1.29, 1.82) is 0 Å². The van der Waals surface area contributed by atoms with E-state index < -0.39 is 16.9 Å². The third kappa shape index (κ3) is 2.88.